The number of hydrogen-bond donors (Lipinski definition) is 1. The van der Waals surface area contributed by atoms with E-state index in [0.717, 1.165) is 16.1 Å². The highest BCUT2D eigenvalue weighted by Crippen LogP contribution is 2.31. The molecule has 11 heteroatoms. The van der Waals surface area contributed by atoms with Gasteiger partial charge in [0.25, 0.3) is 0 Å². The van der Waals surface area contributed by atoms with E-state index in [1.165, 1.54) is 12.1 Å². The van der Waals surface area contributed by atoms with Gasteiger partial charge in [-0.1, -0.05) is 42.3 Å². The number of anilines is 1. The summed E-state index contributed by atoms with van der Waals surface area (Å²) >= 11 is 12.3. The molecule has 0 aliphatic rings. The fourth-order valence-corrected chi connectivity index (χ4v) is 5.40. The first-order valence-corrected chi connectivity index (χ1v) is 14.9. The van der Waals surface area contributed by atoms with Gasteiger partial charge in [-0.15, -0.1) is 0 Å². The highest BCUT2D eigenvalue weighted by Gasteiger charge is 2.31. The Labute approximate surface area is 236 Å². The molecule has 0 aromatic heterocycles. The van der Waals surface area contributed by atoms with Crippen LogP contribution in [0.4, 0.5) is 5.69 Å². The summed E-state index contributed by atoms with van der Waals surface area (Å²) in [5.74, 6) is 0.123. The molecule has 2 aromatic rings. The number of sulfonamides is 1. The lowest BCUT2D eigenvalue weighted by Crippen LogP contribution is -2.53. The third-order valence-corrected chi connectivity index (χ3v) is 7.43. The summed E-state index contributed by atoms with van der Waals surface area (Å²) in [4.78, 5) is 28.3. The highest BCUT2D eigenvalue weighted by atomic mass is 35.5. The van der Waals surface area contributed by atoms with Crippen molar-refractivity contribution in [1.82, 2.24) is 10.2 Å². The van der Waals surface area contributed by atoms with E-state index in [1.54, 1.807) is 24.1 Å². The second-order valence-corrected chi connectivity index (χ2v) is 12.8. The van der Waals surface area contributed by atoms with Crippen LogP contribution in [0, 0.1) is 0 Å². The van der Waals surface area contributed by atoms with Crippen molar-refractivity contribution >= 4 is 50.7 Å². The smallest absolute Gasteiger partial charge is 0.243 e. The van der Waals surface area contributed by atoms with Crippen LogP contribution in [0.1, 0.15) is 52.5 Å². The number of nitrogens with one attached hydrogen (secondary N) is 1. The van der Waals surface area contributed by atoms with Crippen LogP contribution in [0.5, 0.6) is 5.75 Å². The number of rotatable bonds is 12. The molecule has 2 rings (SSSR count). The number of nitrogens with zero attached hydrogens (tertiary/aromatic N) is 2. The summed E-state index contributed by atoms with van der Waals surface area (Å²) in [6, 6.07) is 11.2. The van der Waals surface area contributed by atoms with Gasteiger partial charge < -0.3 is 15.0 Å². The number of methoxy groups -OCH3 is 1. The standard InChI is InChI=1S/C27H37Cl2N3O5S/c1-7-23(26(34)30-27(2,3)4)31(18-19-10-8-11-21(16-19)37-5)25(33)12-9-15-32(38(6,35)36)24-17-20(28)13-14-22(24)29/h8,10-11,13-14,16-17,23H,7,9,12,15,18H2,1-6H3,(H,30,34). The minimum absolute atomic E-state index is 0.0165. The van der Waals surface area contributed by atoms with Crippen LogP contribution >= 0.6 is 23.2 Å². The Morgan fingerprint density at radius 1 is 1.11 bits per heavy atom. The predicted octanol–water partition coefficient (Wildman–Crippen LogP) is 5.27. The summed E-state index contributed by atoms with van der Waals surface area (Å²) in [5, 5.41) is 3.54. The largest absolute Gasteiger partial charge is 0.497 e. The summed E-state index contributed by atoms with van der Waals surface area (Å²) in [5.41, 5.74) is 0.586. The Morgan fingerprint density at radius 2 is 1.79 bits per heavy atom. The summed E-state index contributed by atoms with van der Waals surface area (Å²) in [6.07, 6.45) is 1.71. The maximum atomic E-state index is 13.6. The van der Waals surface area contributed by atoms with Crippen molar-refractivity contribution in [1.29, 1.82) is 0 Å². The van der Waals surface area contributed by atoms with Gasteiger partial charge in [-0.25, -0.2) is 8.42 Å². The fraction of sp³-hybridized carbons (Fsp3) is 0.481. The molecular weight excluding hydrogens is 549 g/mol. The minimum atomic E-state index is -3.70. The van der Waals surface area contributed by atoms with E-state index in [1.807, 2.05) is 45.9 Å². The van der Waals surface area contributed by atoms with Gasteiger partial charge in [0.15, 0.2) is 0 Å². The Balaban J connectivity index is 2.29. The molecule has 1 N–H and O–H groups in total. The van der Waals surface area contributed by atoms with Crippen molar-refractivity contribution in [3.63, 3.8) is 0 Å². The maximum Gasteiger partial charge on any atom is 0.243 e. The number of carbonyl (C=O) groups excluding carboxylic acids is 2. The molecule has 38 heavy (non-hydrogen) atoms. The highest BCUT2D eigenvalue weighted by molar-refractivity contribution is 7.92. The molecule has 0 saturated carbocycles. The van der Waals surface area contributed by atoms with Crippen LogP contribution in [-0.4, -0.2) is 56.6 Å². The maximum absolute atomic E-state index is 13.6. The molecule has 0 radical (unpaired) electrons. The zero-order valence-electron chi connectivity index (χ0n) is 22.8. The van der Waals surface area contributed by atoms with Crippen LogP contribution in [0.15, 0.2) is 42.5 Å². The first-order chi connectivity index (χ1) is 17.7. The number of hydrogen-bond acceptors (Lipinski definition) is 5. The molecule has 0 saturated heterocycles. The van der Waals surface area contributed by atoms with E-state index < -0.39 is 21.6 Å². The van der Waals surface area contributed by atoms with Crippen molar-refractivity contribution < 1.29 is 22.7 Å². The van der Waals surface area contributed by atoms with E-state index in [-0.39, 0.29) is 48.5 Å². The zero-order valence-corrected chi connectivity index (χ0v) is 25.1. The Kier molecular flexibility index (Phi) is 11.3. The van der Waals surface area contributed by atoms with Crippen molar-refractivity contribution in [2.75, 3.05) is 24.2 Å². The van der Waals surface area contributed by atoms with Gasteiger partial charge in [0, 0.05) is 30.1 Å². The van der Waals surface area contributed by atoms with Gasteiger partial charge >= 0.3 is 0 Å². The van der Waals surface area contributed by atoms with Gasteiger partial charge in [0.1, 0.15) is 11.8 Å². The topological polar surface area (TPSA) is 96.0 Å². The zero-order chi connectivity index (χ0) is 28.7. The van der Waals surface area contributed by atoms with Gasteiger partial charge in [-0.05, 0) is 69.5 Å². The van der Waals surface area contributed by atoms with E-state index in [9.17, 15) is 18.0 Å². The number of amides is 2. The Morgan fingerprint density at radius 3 is 2.37 bits per heavy atom. The monoisotopic (exact) mass is 585 g/mol. The van der Waals surface area contributed by atoms with E-state index >= 15 is 0 Å². The first-order valence-electron chi connectivity index (χ1n) is 12.3. The average Bonchev–Trinajstić information content (AvgIpc) is 2.81. The molecule has 0 aliphatic carbocycles. The molecular formula is C27H37Cl2N3O5S. The third kappa shape index (κ3) is 9.36. The van der Waals surface area contributed by atoms with Crippen molar-refractivity contribution in [3.05, 3.63) is 58.1 Å². The molecule has 210 valence electrons. The van der Waals surface area contributed by atoms with Gasteiger partial charge in [-0.3, -0.25) is 13.9 Å². The minimum Gasteiger partial charge on any atom is -0.497 e. The summed E-state index contributed by atoms with van der Waals surface area (Å²) < 4.78 is 31.6. The second kappa shape index (κ2) is 13.5. The predicted molar refractivity (Wildman–Crippen MR) is 153 cm³/mol. The number of carbonyl (C=O) groups is 2. The molecule has 2 aromatic carbocycles. The molecule has 0 fully saturated rings. The van der Waals surface area contributed by atoms with Crippen molar-refractivity contribution in [2.24, 2.45) is 0 Å². The lowest BCUT2D eigenvalue weighted by molar-refractivity contribution is -0.142. The van der Waals surface area contributed by atoms with Gasteiger partial charge in [0.2, 0.25) is 21.8 Å². The second-order valence-electron chi connectivity index (χ2n) is 10.1. The molecule has 1 atom stereocenters. The molecule has 8 nitrogen and oxygen atoms in total. The quantitative estimate of drug-likeness (QED) is 0.366. The third-order valence-electron chi connectivity index (χ3n) is 5.70. The normalized spacial score (nSPS) is 12.5. The molecule has 0 aliphatic heterocycles. The molecule has 0 spiro atoms. The van der Waals surface area contributed by atoms with Crippen molar-refractivity contribution in [3.8, 4) is 5.75 Å². The summed E-state index contributed by atoms with van der Waals surface area (Å²) in [7, 11) is -2.14. The van der Waals surface area contributed by atoms with E-state index in [0.29, 0.717) is 17.2 Å². The molecule has 1 unspecified atom stereocenters. The van der Waals surface area contributed by atoms with Crippen LogP contribution in [-0.2, 0) is 26.2 Å². The number of halogens is 2. The van der Waals surface area contributed by atoms with E-state index in [4.69, 9.17) is 27.9 Å². The molecule has 0 heterocycles. The lowest BCUT2D eigenvalue weighted by Gasteiger charge is -2.33. The Bertz CT molecular complexity index is 1230. The summed E-state index contributed by atoms with van der Waals surface area (Å²) in [6.45, 7) is 7.71. The van der Waals surface area contributed by atoms with Crippen LogP contribution in [0.25, 0.3) is 0 Å². The van der Waals surface area contributed by atoms with Crippen molar-refractivity contribution in [2.45, 2.75) is 65.1 Å². The molecule has 0 bridgehead atoms. The SMILES string of the molecule is CCC(C(=O)NC(C)(C)C)N(Cc1cccc(OC)c1)C(=O)CCCN(c1cc(Cl)ccc1Cl)S(C)(=O)=O. The average molecular weight is 587 g/mol. The van der Waals surface area contributed by atoms with Gasteiger partial charge in [-0.2, -0.15) is 0 Å². The molecule has 2 amide bonds. The van der Waals surface area contributed by atoms with Crippen LogP contribution < -0.4 is 14.4 Å². The number of benzene rings is 2. The number of ether oxygens (including phenoxy) is 1. The fourth-order valence-electron chi connectivity index (χ4n) is 4.00. The lowest BCUT2D eigenvalue weighted by atomic mass is 10.0. The Hall–Kier alpha value is -2.49. The van der Waals surface area contributed by atoms with Gasteiger partial charge in [0.05, 0.1) is 24.1 Å². The van der Waals surface area contributed by atoms with Crippen LogP contribution in [0.2, 0.25) is 10.0 Å². The first kappa shape index (κ1) is 31.7. The van der Waals surface area contributed by atoms with E-state index in [2.05, 4.69) is 5.32 Å². The van der Waals surface area contributed by atoms with Crippen LogP contribution in [0.3, 0.4) is 0 Å².